The van der Waals surface area contributed by atoms with Gasteiger partial charge in [0.25, 0.3) is 0 Å². The van der Waals surface area contributed by atoms with E-state index in [0.29, 0.717) is 12.1 Å². The van der Waals surface area contributed by atoms with Gasteiger partial charge in [-0.15, -0.1) is 0 Å². The molecule has 0 heterocycles. The third kappa shape index (κ3) is 32.0. The van der Waals surface area contributed by atoms with E-state index in [1.165, 1.54) is 154 Å². The first kappa shape index (κ1) is 36.9. The lowest BCUT2D eigenvalue weighted by Crippen LogP contribution is -2.24. The molecule has 224 valence electrons. The average molecular weight is 525 g/mol. The molecule has 0 aliphatic carbocycles. The monoisotopic (exact) mass is 525 g/mol. The molecule has 3 heteroatoms. The molecule has 4 N–H and O–H groups in total. The molecule has 0 aliphatic rings. The van der Waals surface area contributed by atoms with Gasteiger partial charge in [-0.05, 0) is 25.7 Å². The molecular formula is C34H72N2O. The molecule has 0 aromatic carbocycles. The largest absolute Gasteiger partial charge is 0.381 e. The van der Waals surface area contributed by atoms with Crippen LogP contribution in [0.5, 0.6) is 0 Å². The van der Waals surface area contributed by atoms with Gasteiger partial charge in [0.05, 0.1) is 0 Å². The topological polar surface area (TPSA) is 61.3 Å². The molecule has 0 rings (SSSR count). The Kier molecular flexibility index (Phi) is 32.0. The molecular weight excluding hydrogens is 452 g/mol. The van der Waals surface area contributed by atoms with Crippen LogP contribution in [0.4, 0.5) is 0 Å². The quantitative estimate of drug-likeness (QED) is 0.0860. The summed E-state index contributed by atoms with van der Waals surface area (Å²) in [6.07, 6.45) is 37.9. The molecule has 0 aliphatic heterocycles. The van der Waals surface area contributed by atoms with Crippen molar-refractivity contribution in [1.29, 1.82) is 0 Å². The molecule has 0 bridgehead atoms. The van der Waals surface area contributed by atoms with Crippen molar-refractivity contribution in [1.82, 2.24) is 0 Å². The van der Waals surface area contributed by atoms with Crippen molar-refractivity contribution >= 4 is 0 Å². The molecule has 0 amide bonds. The van der Waals surface area contributed by atoms with Crippen LogP contribution in [0.2, 0.25) is 0 Å². The predicted molar refractivity (Wildman–Crippen MR) is 167 cm³/mol. The molecule has 0 saturated heterocycles. The van der Waals surface area contributed by atoms with Crippen LogP contribution in [-0.4, -0.2) is 25.3 Å². The summed E-state index contributed by atoms with van der Waals surface area (Å²) in [5, 5.41) is 0. The van der Waals surface area contributed by atoms with E-state index >= 15 is 0 Å². The second-order valence-electron chi connectivity index (χ2n) is 12.1. The van der Waals surface area contributed by atoms with E-state index in [2.05, 4.69) is 13.8 Å². The lowest BCUT2D eigenvalue weighted by atomic mass is 10.0. The number of hydrogen-bond donors (Lipinski definition) is 2. The fourth-order valence-electron chi connectivity index (χ4n) is 5.36. The molecule has 0 radical (unpaired) electrons. The van der Waals surface area contributed by atoms with Crippen LogP contribution in [0.3, 0.4) is 0 Å². The van der Waals surface area contributed by atoms with Gasteiger partial charge >= 0.3 is 0 Å². The first-order chi connectivity index (χ1) is 18.2. The summed E-state index contributed by atoms with van der Waals surface area (Å²) in [6, 6.07) is 0.607. The van der Waals surface area contributed by atoms with Crippen molar-refractivity contribution in [3.63, 3.8) is 0 Å². The molecule has 2 unspecified atom stereocenters. The highest BCUT2D eigenvalue weighted by atomic mass is 16.5. The maximum absolute atomic E-state index is 6.30. The van der Waals surface area contributed by atoms with Crippen molar-refractivity contribution in [2.45, 2.75) is 206 Å². The number of ether oxygens (including phenoxy) is 1. The Morgan fingerprint density at radius 2 is 0.595 bits per heavy atom. The fraction of sp³-hybridized carbons (Fsp3) is 1.00. The zero-order valence-corrected chi connectivity index (χ0v) is 25.9. The van der Waals surface area contributed by atoms with Gasteiger partial charge in [-0.25, -0.2) is 0 Å². The van der Waals surface area contributed by atoms with Crippen LogP contribution < -0.4 is 11.5 Å². The normalized spacial score (nSPS) is 13.3. The number of hydrogen-bond acceptors (Lipinski definition) is 3. The molecule has 0 aromatic rings. The van der Waals surface area contributed by atoms with Crippen LogP contribution in [0.15, 0.2) is 0 Å². The standard InChI is InChI=1S/C34H72N2O/c1-3-5-7-9-11-13-15-17-19-21-23-25-27-33(35)29-31-37-32-30-34(36)28-26-24-22-20-18-16-14-12-10-8-6-4-2/h33-34H,3-32,35-36H2,1-2H3. The zero-order chi connectivity index (χ0) is 27.1. The summed E-state index contributed by atoms with van der Waals surface area (Å²) >= 11 is 0. The molecule has 0 fully saturated rings. The molecule has 3 nitrogen and oxygen atoms in total. The van der Waals surface area contributed by atoms with Crippen molar-refractivity contribution in [3.05, 3.63) is 0 Å². The van der Waals surface area contributed by atoms with Gasteiger partial charge in [-0.2, -0.15) is 0 Å². The molecule has 0 aromatic heterocycles. The third-order valence-electron chi connectivity index (χ3n) is 8.12. The Bertz CT molecular complexity index is 367. The average Bonchev–Trinajstić information content (AvgIpc) is 2.89. The maximum Gasteiger partial charge on any atom is 0.0480 e. The van der Waals surface area contributed by atoms with Crippen LogP contribution in [-0.2, 0) is 4.74 Å². The second-order valence-corrected chi connectivity index (χ2v) is 12.1. The summed E-state index contributed by atoms with van der Waals surface area (Å²) in [5.41, 5.74) is 12.6. The van der Waals surface area contributed by atoms with E-state index in [9.17, 15) is 0 Å². The molecule has 37 heavy (non-hydrogen) atoms. The number of unbranched alkanes of at least 4 members (excludes halogenated alkanes) is 22. The van der Waals surface area contributed by atoms with Gasteiger partial charge in [0.15, 0.2) is 0 Å². The summed E-state index contributed by atoms with van der Waals surface area (Å²) in [4.78, 5) is 0. The van der Waals surface area contributed by atoms with Crippen LogP contribution in [0.25, 0.3) is 0 Å². The third-order valence-corrected chi connectivity index (χ3v) is 8.12. The minimum Gasteiger partial charge on any atom is -0.381 e. The van der Waals surface area contributed by atoms with Crippen LogP contribution >= 0.6 is 0 Å². The summed E-state index contributed by atoms with van der Waals surface area (Å²) in [5.74, 6) is 0. The van der Waals surface area contributed by atoms with E-state index in [-0.39, 0.29) is 0 Å². The van der Waals surface area contributed by atoms with E-state index in [1.54, 1.807) is 0 Å². The molecule has 0 spiro atoms. The Morgan fingerprint density at radius 1 is 0.351 bits per heavy atom. The Labute approximate surface area is 235 Å². The summed E-state index contributed by atoms with van der Waals surface area (Å²) in [7, 11) is 0. The van der Waals surface area contributed by atoms with E-state index in [1.807, 2.05) is 0 Å². The summed E-state index contributed by atoms with van der Waals surface area (Å²) < 4.78 is 5.84. The SMILES string of the molecule is CCCCCCCCCCCCCCC(N)CCOCCC(N)CCCCCCCCCCCCCC. The van der Waals surface area contributed by atoms with Crippen LogP contribution in [0, 0.1) is 0 Å². The van der Waals surface area contributed by atoms with Gasteiger partial charge in [0.2, 0.25) is 0 Å². The zero-order valence-electron chi connectivity index (χ0n) is 25.9. The van der Waals surface area contributed by atoms with Crippen molar-refractivity contribution < 1.29 is 4.74 Å². The lowest BCUT2D eigenvalue weighted by molar-refractivity contribution is 0.119. The van der Waals surface area contributed by atoms with Gasteiger partial charge in [0, 0.05) is 25.3 Å². The second kappa shape index (κ2) is 32.1. The smallest absolute Gasteiger partial charge is 0.0480 e. The Balaban J connectivity index is 3.25. The molecule has 2 atom stereocenters. The first-order valence-electron chi connectivity index (χ1n) is 17.3. The van der Waals surface area contributed by atoms with Crippen molar-refractivity contribution in [2.24, 2.45) is 11.5 Å². The van der Waals surface area contributed by atoms with E-state index in [4.69, 9.17) is 16.2 Å². The Hall–Kier alpha value is -0.120. The summed E-state index contributed by atoms with van der Waals surface area (Å²) in [6.45, 7) is 6.17. The highest BCUT2D eigenvalue weighted by Gasteiger charge is 2.05. The first-order valence-corrected chi connectivity index (χ1v) is 17.3. The van der Waals surface area contributed by atoms with Gasteiger partial charge in [-0.1, -0.05) is 168 Å². The highest BCUT2D eigenvalue weighted by Crippen LogP contribution is 2.15. The molecule has 0 saturated carbocycles. The van der Waals surface area contributed by atoms with E-state index < -0.39 is 0 Å². The van der Waals surface area contributed by atoms with E-state index in [0.717, 1.165) is 38.9 Å². The number of nitrogens with two attached hydrogens (primary N) is 2. The maximum atomic E-state index is 6.30. The van der Waals surface area contributed by atoms with Crippen molar-refractivity contribution in [2.75, 3.05) is 13.2 Å². The van der Waals surface area contributed by atoms with Crippen molar-refractivity contribution in [3.8, 4) is 0 Å². The van der Waals surface area contributed by atoms with Crippen LogP contribution in [0.1, 0.15) is 194 Å². The van der Waals surface area contributed by atoms with Gasteiger partial charge < -0.3 is 16.2 Å². The Morgan fingerprint density at radius 3 is 0.865 bits per heavy atom. The van der Waals surface area contributed by atoms with Gasteiger partial charge in [-0.3, -0.25) is 0 Å². The predicted octanol–water partition coefficient (Wildman–Crippen LogP) is 10.6. The fourth-order valence-corrected chi connectivity index (χ4v) is 5.36. The lowest BCUT2D eigenvalue weighted by Gasteiger charge is -2.14. The number of rotatable bonds is 32. The highest BCUT2D eigenvalue weighted by molar-refractivity contribution is 4.63. The minimum atomic E-state index is 0.304. The van der Waals surface area contributed by atoms with Gasteiger partial charge in [0.1, 0.15) is 0 Å². The minimum absolute atomic E-state index is 0.304.